The van der Waals surface area contributed by atoms with E-state index in [0.29, 0.717) is 36.7 Å². The molecular weight excluding hydrogens is 495 g/mol. The minimum atomic E-state index is -0.418. The number of aromatic nitrogens is 2. The summed E-state index contributed by atoms with van der Waals surface area (Å²) in [6.45, 7) is 13.8. The van der Waals surface area contributed by atoms with E-state index in [0.717, 1.165) is 48.4 Å². The van der Waals surface area contributed by atoms with Gasteiger partial charge in [-0.3, -0.25) is 9.69 Å². The van der Waals surface area contributed by atoms with Gasteiger partial charge in [-0.05, 0) is 68.9 Å². The Hall–Kier alpha value is -2.81. The first-order valence-corrected chi connectivity index (χ1v) is 14.2. The lowest BCUT2D eigenvalue weighted by molar-refractivity contribution is -0.0564. The lowest BCUT2D eigenvalue weighted by Crippen LogP contribution is -2.52. The van der Waals surface area contributed by atoms with Crippen LogP contribution in [0.4, 0.5) is 4.39 Å². The van der Waals surface area contributed by atoms with E-state index in [1.165, 1.54) is 17.7 Å². The van der Waals surface area contributed by atoms with E-state index in [2.05, 4.69) is 40.4 Å². The van der Waals surface area contributed by atoms with Gasteiger partial charge in [0.25, 0.3) is 5.91 Å². The highest BCUT2D eigenvalue weighted by molar-refractivity contribution is 6.02. The van der Waals surface area contributed by atoms with Crippen molar-refractivity contribution in [3.63, 3.8) is 0 Å². The van der Waals surface area contributed by atoms with Crippen molar-refractivity contribution in [2.75, 3.05) is 33.4 Å². The molecule has 0 aliphatic carbocycles. The van der Waals surface area contributed by atoms with Crippen molar-refractivity contribution < 1.29 is 18.7 Å². The fraction of sp³-hybridized carbons (Fsp3) is 0.548. The molecule has 0 unspecified atom stereocenters. The average Bonchev–Trinajstić information content (AvgIpc) is 3.53. The fourth-order valence-electron chi connectivity index (χ4n) is 5.85. The molecular formula is C31H41FN4O3. The number of carbonyl (C=O) groups excluding carboxylic acids is 1. The molecule has 39 heavy (non-hydrogen) atoms. The van der Waals surface area contributed by atoms with Crippen molar-refractivity contribution in [3.8, 4) is 11.1 Å². The van der Waals surface area contributed by atoms with E-state index >= 15 is 0 Å². The molecule has 1 aromatic carbocycles. The summed E-state index contributed by atoms with van der Waals surface area (Å²) in [6.07, 6.45) is 5.91. The molecule has 2 aliphatic rings. The smallest absolute Gasteiger partial charge is 0.254 e. The Labute approximate surface area is 230 Å². The number of hydrogen-bond donors (Lipinski definition) is 0. The average molecular weight is 537 g/mol. The highest BCUT2D eigenvalue weighted by Gasteiger charge is 2.36. The molecule has 2 aromatic heterocycles. The van der Waals surface area contributed by atoms with Crippen LogP contribution in [0.25, 0.3) is 16.6 Å². The lowest BCUT2D eigenvalue weighted by Gasteiger charge is -2.46. The molecule has 0 N–H and O–H groups in total. The van der Waals surface area contributed by atoms with Crippen LogP contribution in [-0.2, 0) is 9.47 Å². The first-order chi connectivity index (χ1) is 18.6. The largest absolute Gasteiger partial charge is 0.350 e. The Morgan fingerprint density at radius 1 is 1.13 bits per heavy atom. The zero-order valence-electron chi connectivity index (χ0n) is 24.0. The third-order valence-electron chi connectivity index (χ3n) is 8.45. The van der Waals surface area contributed by atoms with Gasteiger partial charge in [0.2, 0.25) is 0 Å². The summed E-state index contributed by atoms with van der Waals surface area (Å²) in [5, 5.41) is 0. The highest BCUT2D eigenvalue weighted by Crippen LogP contribution is 2.37. The van der Waals surface area contributed by atoms with E-state index in [9.17, 15) is 9.18 Å². The third-order valence-corrected chi connectivity index (χ3v) is 8.45. The van der Waals surface area contributed by atoms with Crippen molar-refractivity contribution in [1.29, 1.82) is 0 Å². The molecule has 5 rings (SSSR count). The van der Waals surface area contributed by atoms with Gasteiger partial charge < -0.3 is 18.8 Å². The van der Waals surface area contributed by atoms with Gasteiger partial charge in [0.15, 0.2) is 6.29 Å². The number of ether oxygens (including phenoxy) is 2. The number of carbonyl (C=O) groups is 1. The molecule has 2 saturated heterocycles. The molecule has 1 atom stereocenters. The number of benzene rings is 1. The van der Waals surface area contributed by atoms with Gasteiger partial charge in [0.1, 0.15) is 11.6 Å². The molecule has 2 fully saturated rings. The second-order valence-corrected chi connectivity index (χ2v) is 11.7. The molecule has 1 amide bonds. The summed E-state index contributed by atoms with van der Waals surface area (Å²) >= 11 is 0. The van der Waals surface area contributed by atoms with Crippen molar-refractivity contribution in [2.24, 2.45) is 5.92 Å². The summed E-state index contributed by atoms with van der Waals surface area (Å²) in [7, 11) is 1.76. The topological polar surface area (TPSA) is 59.3 Å². The second kappa shape index (κ2) is 11.4. The summed E-state index contributed by atoms with van der Waals surface area (Å²) in [4.78, 5) is 22.2. The molecule has 4 heterocycles. The lowest BCUT2D eigenvalue weighted by atomic mass is 9.85. The van der Waals surface area contributed by atoms with Gasteiger partial charge in [0.05, 0.1) is 30.5 Å². The van der Waals surface area contributed by atoms with Crippen molar-refractivity contribution >= 4 is 11.4 Å². The zero-order chi connectivity index (χ0) is 27.8. The van der Waals surface area contributed by atoms with Crippen molar-refractivity contribution in [2.45, 2.75) is 71.8 Å². The van der Waals surface area contributed by atoms with Crippen molar-refractivity contribution in [1.82, 2.24) is 19.2 Å². The Kier molecular flexibility index (Phi) is 8.08. The Bertz CT molecular complexity index is 1320. The van der Waals surface area contributed by atoms with Gasteiger partial charge in [-0.25, -0.2) is 9.37 Å². The zero-order valence-corrected chi connectivity index (χ0v) is 24.0. The van der Waals surface area contributed by atoms with Crippen LogP contribution >= 0.6 is 0 Å². The number of nitrogens with zero attached hydrogens (tertiary/aromatic N) is 4. The van der Waals surface area contributed by atoms with E-state index in [4.69, 9.17) is 9.47 Å². The maximum Gasteiger partial charge on any atom is 0.254 e. The van der Waals surface area contributed by atoms with Crippen LogP contribution < -0.4 is 0 Å². The number of halogens is 1. The molecule has 2 aliphatic heterocycles. The van der Waals surface area contributed by atoms with Crippen molar-refractivity contribution in [3.05, 3.63) is 59.4 Å². The Balaban J connectivity index is 1.44. The molecule has 210 valence electrons. The molecule has 0 spiro atoms. The standard InChI is InChI=1S/C31H41FN4O3/c1-19(2)28(9-10-30-38-11-12-39-30)35-16-23(17-35)22-13-26(29-15-33-21(5)36(29)18-22)25-8-7-24(32)14-27(25)31(37)34(6)20(3)4/h7-8,13-15,18-20,23,28,30H,9-12,16-17H2,1-6H3/t28-/m0/s1. The molecule has 0 radical (unpaired) electrons. The first-order valence-electron chi connectivity index (χ1n) is 14.2. The van der Waals surface area contributed by atoms with Crippen LogP contribution in [0, 0.1) is 18.7 Å². The Morgan fingerprint density at radius 2 is 1.85 bits per heavy atom. The number of amides is 1. The summed E-state index contributed by atoms with van der Waals surface area (Å²) < 4.78 is 27.8. The maximum atomic E-state index is 14.4. The number of imidazole rings is 1. The Morgan fingerprint density at radius 3 is 2.51 bits per heavy atom. The summed E-state index contributed by atoms with van der Waals surface area (Å²) in [5.41, 5.74) is 4.13. The van der Waals surface area contributed by atoms with Gasteiger partial charge in [-0.2, -0.15) is 0 Å². The van der Waals surface area contributed by atoms with Gasteiger partial charge in [0, 0.05) is 49.9 Å². The van der Waals surface area contributed by atoms with E-state index in [-0.39, 0.29) is 18.2 Å². The van der Waals surface area contributed by atoms with Crippen LogP contribution in [0.2, 0.25) is 0 Å². The van der Waals surface area contributed by atoms with E-state index in [1.807, 2.05) is 27.0 Å². The molecule has 8 heteroatoms. The predicted molar refractivity (Wildman–Crippen MR) is 150 cm³/mol. The molecule has 0 saturated carbocycles. The maximum absolute atomic E-state index is 14.4. The number of likely N-dealkylation sites (tertiary alicyclic amines) is 1. The first kappa shape index (κ1) is 27.7. The van der Waals surface area contributed by atoms with Gasteiger partial charge in [-0.15, -0.1) is 0 Å². The highest BCUT2D eigenvalue weighted by atomic mass is 19.1. The number of hydrogen-bond acceptors (Lipinski definition) is 5. The number of rotatable bonds is 9. The minimum absolute atomic E-state index is 0.00108. The van der Waals surface area contributed by atoms with Gasteiger partial charge >= 0.3 is 0 Å². The second-order valence-electron chi connectivity index (χ2n) is 11.7. The summed E-state index contributed by atoms with van der Waals surface area (Å²) in [6, 6.07) is 7.18. The monoisotopic (exact) mass is 536 g/mol. The van der Waals surface area contributed by atoms with E-state index < -0.39 is 5.82 Å². The quantitative estimate of drug-likeness (QED) is 0.361. The normalized spacial score (nSPS) is 17.9. The number of fused-ring (bicyclic) bond motifs is 1. The van der Waals surface area contributed by atoms with Crippen LogP contribution in [0.15, 0.2) is 36.7 Å². The predicted octanol–water partition coefficient (Wildman–Crippen LogP) is 5.51. The fourth-order valence-corrected chi connectivity index (χ4v) is 5.85. The van der Waals surface area contributed by atoms with Crippen LogP contribution in [0.3, 0.4) is 0 Å². The van der Waals surface area contributed by atoms with Crippen LogP contribution in [-0.4, -0.2) is 76.8 Å². The SMILES string of the molecule is Cc1ncc2c(-c3ccc(F)cc3C(=O)N(C)C(C)C)cc(C3CN([C@@H](CCC4OCCO4)C(C)C)C3)cn12. The molecule has 0 bridgehead atoms. The van der Waals surface area contributed by atoms with Crippen LogP contribution in [0.5, 0.6) is 0 Å². The third kappa shape index (κ3) is 5.60. The van der Waals surface area contributed by atoms with Gasteiger partial charge in [-0.1, -0.05) is 19.9 Å². The minimum Gasteiger partial charge on any atom is -0.350 e. The molecule has 7 nitrogen and oxygen atoms in total. The number of aryl methyl sites for hydroxylation is 1. The summed E-state index contributed by atoms with van der Waals surface area (Å²) in [5.74, 6) is 1.18. The number of pyridine rings is 1. The molecule has 3 aromatic rings. The van der Waals surface area contributed by atoms with E-state index in [1.54, 1.807) is 18.0 Å². The van der Waals surface area contributed by atoms with Crippen LogP contribution in [0.1, 0.15) is 68.2 Å².